The van der Waals surface area contributed by atoms with Crippen molar-refractivity contribution < 1.29 is 9.90 Å². The molecule has 0 aliphatic heterocycles. The summed E-state index contributed by atoms with van der Waals surface area (Å²) in [6.45, 7) is 4.16. The topological polar surface area (TPSA) is 75.3 Å². The van der Waals surface area contributed by atoms with Crippen LogP contribution in [0.3, 0.4) is 0 Å². The fourth-order valence-corrected chi connectivity index (χ4v) is 3.32. The number of aliphatic hydroxyl groups is 1. The molecule has 0 aliphatic carbocycles. The molecule has 0 bridgehead atoms. The molecule has 0 aliphatic rings. The maximum atomic E-state index is 12.0. The van der Waals surface area contributed by atoms with E-state index in [1.165, 1.54) is 10.8 Å². The van der Waals surface area contributed by atoms with E-state index in [0.717, 1.165) is 12.0 Å². The maximum absolute atomic E-state index is 12.0. The summed E-state index contributed by atoms with van der Waals surface area (Å²) >= 11 is 0. The van der Waals surface area contributed by atoms with Crippen molar-refractivity contribution >= 4 is 16.7 Å². The summed E-state index contributed by atoms with van der Waals surface area (Å²) in [4.78, 5) is 12.0. The molecule has 136 valence electrons. The third-order valence-corrected chi connectivity index (χ3v) is 4.68. The Balaban J connectivity index is 2.02. The van der Waals surface area contributed by atoms with E-state index in [9.17, 15) is 9.90 Å². The van der Waals surface area contributed by atoms with Gasteiger partial charge in [0.2, 0.25) is 5.91 Å². The summed E-state index contributed by atoms with van der Waals surface area (Å²) in [6.07, 6.45) is 1.03. The van der Waals surface area contributed by atoms with Crippen LogP contribution < -0.4 is 11.1 Å². The first kappa shape index (κ1) is 19.4. The molecule has 0 radical (unpaired) electrons. The second-order valence-electron chi connectivity index (χ2n) is 7.29. The molecule has 4 nitrogen and oxygen atoms in total. The molecule has 0 heterocycles. The highest BCUT2D eigenvalue weighted by Gasteiger charge is 2.25. The number of amides is 1. The molecule has 2 rings (SSSR count). The largest absolute Gasteiger partial charge is 0.391 e. The van der Waals surface area contributed by atoms with Crippen LogP contribution in [0.25, 0.3) is 10.8 Å². The third-order valence-electron chi connectivity index (χ3n) is 4.68. The third kappa shape index (κ3) is 5.55. The number of nitrogens with one attached hydrogen (secondary N) is 1. The minimum atomic E-state index is -0.701. The zero-order chi connectivity index (χ0) is 18.4. The lowest BCUT2D eigenvalue weighted by Crippen LogP contribution is -2.40. The summed E-state index contributed by atoms with van der Waals surface area (Å²) in [5, 5.41) is 15.6. The van der Waals surface area contributed by atoms with Crippen molar-refractivity contribution in [3.63, 3.8) is 0 Å². The first-order valence-electron chi connectivity index (χ1n) is 9.03. The van der Waals surface area contributed by atoms with Crippen LogP contribution >= 0.6 is 0 Å². The molecule has 0 saturated carbocycles. The Morgan fingerprint density at radius 2 is 1.80 bits per heavy atom. The van der Waals surface area contributed by atoms with Crippen LogP contribution in [0.5, 0.6) is 0 Å². The van der Waals surface area contributed by atoms with Crippen LogP contribution in [0.15, 0.2) is 42.5 Å². The minimum Gasteiger partial charge on any atom is -0.391 e. The fourth-order valence-electron chi connectivity index (χ4n) is 3.32. The van der Waals surface area contributed by atoms with Crippen molar-refractivity contribution in [2.45, 2.75) is 45.3 Å². The highest BCUT2D eigenvalue weighted by Crippen LogP contribution is 2.21. The number of nitrogens with two attached hydrogens (primary N) is 1. The minimum absolute atomic E-state index is 0.0225. The molecule has 0 unspecified atom stereocenters. The molecule has 0 aromatic heterocycles. The number of carbonyl (C=O) groups is 1. The van der Waals surface area contributed by atoms with Gasteiger partial charge < -0.3 is 16.2 Å². The van der Waals surface area contributed by atoms with E-state index >= 15 is 0 Å². The monoisotopic (exact) mass is 342 g/mol. The first-order chi connectivity index (χ1) is 11.9. The van der Waals surface area contributed by atoms with Gasteiger partial charge in [0, 0.05) is 19.0 Å². The van der Waals surface area contributed by atoms with Crippen molar-refractivity contribution in [2.24, 2.45) is 17.6 Å². The second-order valence-corrected chi connectivity index (χ2v) is 7.29. The lowest BCUT2D eigenvalue weighted by atomic mass is 9.88. The van der Waals surface area contributed by atoms with Gasteiger partial charge in [-0.05, 0) is 41.5 Å². The first-order valence-corrected chi connectivity index (χ1v) is 9.03. The lowest BCUT2D eigenvalue weighted by Gasteiger charge is -2.24. The smallest absolute Gasteiger partial charge is 0.222 e. The molecule has 4 heteroatoms. The molecular weight excluding hydrogens is 312 g/mol. The zero-order valence-corrected chi connectivity index (χ0v) is 15.4. The lowest BCUT2D eigenvalue weighted by molar-refractivity contribution is -0.126. The predicted molar refractivity (Wildman–Crippen MR) is 103 cm³/mol. The number of hydrogen-bond donors (Lipinski definition) is 3. The van der Waals surface area contributed by atoms with Crippen LogP contribution in [-0.4, -0.2) is 30.2 Å². The molecule has 0 spiro atoms. The molecule has 1 amide bonds. The summed E-state index contributed by atoms with van der Waals surface area (Å²) < 4.78 is 0. The molecular formula is C21H30N2O2. The van der Waals surface area contributed by atoms with E-state index in [4.69, 9.17) is 5.73 Å². The van der Waals surface area contributed by atoms with Crippen LogP contribution in [0.1, 0.15) is 32.3 Å². The van der Waals surface area contributed by atoms with Gasteiger partial charge in [0.25, 0.3) is 0 Å². The van der Waals surface area contributed by atoms with Gasteiger partial charge in [-0.25, -0.2) is 0 Å². The average molecular weight is 342 g/mol. The van der Waals surface area contributed by atoms with Crippen molar-refractivity contribution in [2.75, 3.05) is 7.05 Å². The Kier molecular flexibility index (Phi) is 6.97. The van der Waals surface area contributed by atoms with Gasteiger partial charge in [-0.15, -0.1) is 0 Å². The summed E-state index contributed by atoms with van der Waals surface area (Å²) in [5.41, 5.74) is 7.33. The fraction of sp³-hybridized carbons (Fsp3) is 0.476. The van der Waals surface area contributed by atoms with Gasteiger partial charge in [0.1, 0.15) is 0 Å². The van der Waals surface area contributed by atoms with Crippen LogP contribution in [0.4, 0.5) is 0 Å². The molecule has 2 aromatic rings. The molecule has 0 fully saturated rings. The van der Waals surface area contributed by atoms with E-state index in [1.807, 2.05) is 12.1 Å². The van der Waals surface area contributed by atoms with Crippen molar-refractivity contribution in [1.82, 2.24) is 5.32 Å². The Bertz CT molecular complexity index is 699. The number of benzene rings is 2. The molecule has 2 aromatic carbocycles. The number of fused-ring (bicyclic) bond motifs is 1. The standard InChI is InChI=1S/C21H30N2O2/c1-14(2)10-18(21(25)23-3)13-20(24)19(22)12-15-8-9-16-6-4-5-7-17(16)11-15/h4-9,11,14,18-20,24H,10,12-13,22H2,1-3H3,(H,23,25)/t18-,19+,20+/m1/s1. The maximum Gasteiger partial charge on any atom is 0.222 e. The number of aliphatic hydroxyl groups excluding tert-OH is 1. The molecule has 4 N–H and O–H groups in total. The van der Waals surface area contributed by atoms with Crippen molar-refractivity contribution in [1.29, 1.82) is 0 Å². The SMILES string of the molecule is CNC(=O)[C@H](CC(C)C)C[C@H](O)[C@@H](N)Cc1ccc2ccccc2c1. The van der Waals surface area contributed by atoms with Gasteiger partial charge in [-0.1, -0.05) is 56.3 Å². The Hall–Kier alpha value is -1.91. The van der Waals surface area contributed by atoms with Crippen LogP contribution in [0, 0.1) is 11.8 Å². The number of hydrogen-bond acceptors (Lipinski definition) is 3. The van der Waals surface area contributed by atoms with E-state index in [2.05, 4.69) is 49.5 Å². The Labute approximate surface area is 150 Å². The van der Waals surface area contributed by atoms with Gasteiger partial charge in [-0.2, -0.15) is 0 Å². The summed E-state index contributed by atoms with van der Waals surface area (Å²) in [6, 6.07) is 14.0. The highest BCUT2D eigenvalue weighted by atomic mass is 16.3. The Morgan fingerprint density at radius 1 is 1.12 bits per heavy atom. The summed E-state index contributed by atoms with van der Waals surface area (Å²) in [7, 11) is 1.64. The van der Waals surface area contributed by atoms with E-state index < -0.39 is 6.10 Å². The number of carbonyl (C=O) groups excluding carboxylic acids is 1. The van der Waals surface area contributed by atoms with E-state index in [-0.39, 0.29) is 17.9 Å². The van der Waals surface area contributed by atoms with Gasteiger partial charge in [-0.3, -0.25) is 4.79 Å². The molecule has 25 heavy (non-hydrogen) atoms. The molecule has 3 atom stereocenters. The van der Waals surface area contributed by atoms with Crippen LogP contribution in [0.2, 0.25) is 0 Å². The second kappa shape index (κ2) is 8.97. The van der Waals surface area contributed by atoms with E-state index in [0.29, 0.717) is 18.8 Å². The van der Waals surface area contributed by atoms with Crippen molar-refractivity contribution in [3.8, 4) is 0 Å². The quantitative estimate of drug-likeness (QED) is 0.690. The average Bonchev–Trinajstić information content (AvgIpc) is 2.59. The van der Waals surface area contributed by atoms with Crippen LogP contribution in [-0.2, 0) is 11.2 Å². The zero-order valence-electron chi connectivity index (χ0n) is 15.4. The normalized spacial score (nSPS) is 15.1. The Morgan fingerprint density at radius 3 is 2.44 bits per heavy atom. The number of rotatable bonds is 8. The molecule has 0 saturated heterocycles. The van der Waals surface area contributed by atoms with Gasteiger partial charge >= 0.3 is 0 Å². The van der Waals surface area contributed by atoms with E-state index in [1.54, 1.807) is 7.05 Å². The predicted octanol–water partition coefficient (Wildman–Crippen LogP) is 2.87. The summed E-state index contributed by atoms with van der Waals surface area (Å²) in [5.74, 6) is 0.166. The van der Waals surface area contributed by atoms with Gasteiger partial charge in [0.05, 0.1) is 6.10 Å². The van der Waals surface area contributed by atoms with Crippen molar-refractivity contribution in [3.05, 3.63) is 48.0 Å². The highest BCUT2D eigenvalue weighted by molar-refractivity contribution is 5.83. The van der Waals surface area contributed by atoms with Gasteiger partial charge in [0.15, 0.2) is 0 Å².